The number of benzene rings is 1. The molecule has 8 bridgehead atoms. The lowest BCUT2D eigenvalue weighted by Gasteiger charge is -2.41. The molecule has 1 unspecified atom stereocenters. The van der Waals surface area contributed by atoms with Crippen molar-refractivity contribution in [1.29, 1.82) is 0 Å². The van der Waals surface area contributed by atoms with Crippen LogP contribution in [0.1, 0.15) is 45.4 Å². The number of carbonyl (C=O) groups is 1. The van der Waals surface area contributed by atoms with Crippen molar-refractivity contribution in [2.75, 3.05) is 40.7 Å². The van der Waals surface area contributed by atoms with Crippen molar-refractivity contribution < 1.29 is 9.21 Å². The number of nitrogens with one attached hydrogen (secondary N) is 2. The van der Waals surface area contributed by atoms with E-state index in [2.05, 4.69) is 60.1 Å². The van der Waals surface area contributed by atoms with Gasteiger partial charge in [0.1, 0.15) is 5.82 Å². The number of rotatable bonds is 3. The van der Waals surface area contributed by atoms with Crippen molar-refractivity contribution >= 4 is 35.0 Å². The Bertz CT molecular complexity index is 1350. The van der Waals surface area contributed by atoms with Crippen LogP contribution >= 0.6 is 11.9 Å². The second-order valence-corrected chi connectivity index (χ2v) is 12.4. The Kier molecular flexibility index (Phi) is 5.94. The van der Waals surface area contributed by atoms with Gasteiger partial charge < -0.3 is 24.3 Å². The number of piperidine rings is 2. The molecule has 3 fully saturated rings. The van der Waals surface area contributed by atoms with Crippen LogP contribution in [-0.2, 0) is 4.79 Å². The van der Waals surface area contributed by atoms with Crippen LogP contribution < -0.4 is 19.8 Å². The largest absolute Gasteiger partial charge is 0.416 e. The zero-order valence-electron chi connectivity index (χ0n) is 21.7. The molecule has 1 saturated carbocycles. The second kappa shape index (κ2) is 9.48. The third-order valence-corrected chi connectivity index (χ3v) is 9.51. The number of amides is 1. The summed E-state index contributed by atoms with van der Waals surface area (Å²) in [5, 5.41) is 13.0. The molecule has 4 aliphatic heterocycles. The van der Waals surface area contributed by atoms with Crippen molar-refractivity contribution in [2.24, 2.45) is 5.41 Å². The third-order valence-electron chi connectivity index (χ3n) is 8.35. The zero-order chi connectivity index (χ0) is 25.7. The van der Waals surface area contributed by atoms with E-state index in [-0.39, 0.29) is 17.4 Å². The van der Waals surface area contributed by atoms with E-state index < -0.39 is 0 Å². The van der Waals surface area contributed by atoms with E-state index in [0.717, 1.165) is 80.2 Å². The Labute approximate surface area is 226 Å². The smallest absolute Gasteiger partial charge is 0.250 e. The van der Waals surface area contributed by atoms with Crippen LogP contribution in [0.4, 0.5) is 17.2 Å². The van der Waals surface area contributed by atoms with Gasteiger partial charge in [-0.1, -0.05) is 6.92 Å². The summed E-state index contributed by atoms with van der Waals surface area (Å²) in [6.45, 7) is 5.36. The summed E-state index contributed by atoms with van der Waals surface area (Å²) in [6, 6.07) is 10.4. The molecule has 198 valence electrons. The molecule has 5 aliphatic rings. The average molecular weight is 532 g/mol. The fourth-order valence-electron chi connectivity index (χ4n) is 5.68. The van der Waals surface area contributed by atoms with E-state index in [1.54, 1.807) is 18.1 Å². The lowest BCUT2D eigenvalue weighted by Crippen LogP contribution is -2.54. The van der Waals surface area contributed by atoms with E-state index in [4.69, 9.17) is 4.42 Å². The van der Waals surface area contributed by atoms with Gasteiger partial charge in [0.25, 0.3) is 0 Å². The molecule has 6 heterocycles. The summed E-state index contributed by atoms with van der Waals surface area (Å²) in [5.74, 6) is 2.03. The number of aromatic nitrogens is 3. The van der Waals surface area contributed by atoms with E-state index in [0.29, 0.717) is 17.0 Å². The lowest BCUT2D eigenvalue weighted by molar-refractivity contribution is -0.132. The number of hydrogen-bond acceptors (Lipinski definition) is 9. The van der Waals surface area contributed by atoms with Gasteiger partial charge in [-0.3, -0.25) is 4.79 Å². The number of fused-ring (bicyclic) bond motifs is 3. The van der Waals surface area contributed by atoms with Gasteiger partial charge in [-0.2, -0.15) is 0 Å². The molecule has 1 aliphatic carbocycles. The van der Waals surface area contributed by atoms with E-state index in [1.165, 1.54) is 12.8 Å². The summed E-state index contributed by atoms with van der Waals surface area (Å²) < 4.78 is 9.81. The molecule has 8 rings (SSSR count). The minimum absolute atomic E-state index is 0.112. The van der Waals surface area contributed by atoms with Crippen molar-refractivity contribution in [1.82, 2.24) is 20.5 Å². The Morgan fingerprint density at radius 1 is 1.05 bits per heavy atom. The van der Waals surface area contributed by atoms with Crippen molar-refractivity contribution in [2.45, 2.75) is 56.7 Å². The highest BCUT2D eigenvalue weighted by molar-refractivity contribution is 8.01. The lowest BCUT2D eigenvalue weighted by atomic mass is 9.79. The normalized spacial score (nSPS) is 25.0. The van der Waals surface area contributed by atoms with Gasteiger partial charge in [-0.05, 0) is 80.8 Å². The first-order chi connectivity index (χ1) is 18.5. The summed E-state index contributed by atoms with van der Waals surface area (Å²) in [4.78, 5) is 22.8. The van der Waals surface area contributed by atoms with Gasteiger partial charge >= 0.3 is 0 Å². The molecule has 0 radical (unpaired) electrons. The molecule has 0 spiro atoms. The average Bonchev–Trinajstić information content (AvgIpc) is 3.65. The van der Waals surface area contributed by atoms with Gasteiger partial charge in [-0.15, -0.1) is 10.2 Å². The molecule has 1 aromatic carbocycles. The molecule has 2 N–H and O–H groups in total. The molecular formula is C28H33N7O2S. The fraction of sp³-hybridized carbons (Fsp3) is 0.500. The number of carbonyl (C=O) groups excluding carboxylic acids is 1. The maximum atomic E-state index is 13.5. The monoisotopic (exact) mass is 531 g/mol. The first-order valence-corrected chi connectivity index (χ1v) is 14.6. The van der Waals surface area contributed by atoms with Crippen LogP contribution in [0, 0.1) is 5.41 Å². The van der Waals surface area contributed by atoms with Crippen LogP contribution in [-0.4, -0.2) is 58.6 Å². The van der Waals surface area contributed by atoms with Gasteiger partial charge in [0.05, 0.1) is 11.3 Å². The zero-order valence-corrected chi connectivity index (χ0v) is 22.5. The Balaban J connectivity index is 1.29. The highest BCUT2D eigenvalue weighted by atomic mass is 32.2. The summed E-state index contributed by atoms with van der Waals surface area (Å²) in [6.07, 6.45) is 7.92. The maximum Gasteiger partial charge on any atom is 0.250 e. The topological polar surface area (TPSA) is 99.4 Å². The van der Waals surface area contributed by atoms with Gasteiger partial charge in [0.2, 0.25) is 17.7 Å². The summed E-state index contributed by atoms with van der Waals surface area (Å²) >= 11 is 1.80. The van der Waals surface area contributed by atoms with Crippen LogP contribution in [0.25, 0.3) is 22.9 Å². The Morgan fingerprint density at radius 3 is 2.74 bits per heavy atom. The van der Waals surface area contributed by atoms with Crippen molar-refractivity contribution in [3.63, 3.8) is 0 Å². The van der Waals surface area contributed by atoms with Gasteiger partial charge in [0.15, 0.2) is 0 Å². The molecule has 9 nitrogen and oxygen atoms in total. The Hall–Kier alpha value is -3.27. The minimum Gasteiger partial charge on any atom is -0.416 e. The summed E-state index contributed by atoms with van der Waals surface area (Å²) in [7, 11) is 0. The first kappa shape index (κ1) is 23.8. The summed E-state index contributed by atoms with van der Waals surface area (Å²) in [5.41, 5.74) is 3.50. The molecule has 2 aromatic heterocycles. The number of pyridine rings is 1. The predicted octanol–water partition coefficient (Wildman–Crippen LogP) is 4.73. The molecular weight excluding hydrogens is 498 g/mol. The minimum atomic E-state index is -0.388. The molecule has 1 atom stereocenters. The fourth-order valence-corrected chi connectivity index (χ4v) is 6.48. The number of nitrogens with zero attached hydrogens (tertiary/aromatic N) is 5. The van der Waals surface area contributed by atoms with Crippen molar-refractivity contribution in [3.8, 4) is 22.9 Å². The second-order valence-electron chi connectivity index (χ2n) is 11.3. The molecule has 10 heteroatoms. The number of hydrogen-bond donors (Lipinski definition) is 2. The van der Waals surface area contributed by atoms with Gasteiger partial charge in [-0.25, -0.2) is 4.98 Å². The standard InChI is InChI=1S/C28H33N7O2S/c1-28-9-13-34(14-10-28)23-16-19(33-38-21-5-6-21)4-7-22(23)26-32-31-25(37-26)18-8-11-29-24(15-18)35-12-2-3-20(17-35)30-27(28)36/h4,7-8,11,15-16,20-21,33H,2-3,5-6,9-10,12-14,17H2,1H3,(H,30,36). The van der Waals surface area contributed by atoms with Gasteiger partial charge in [0, 0.05) is 60.3 Å². The van der Waals surface area contributed by atoms with Crippen molar-refractivity contribution in [3.05, 3.63) is 36.5 Å². The maximum absolute atomic E-state index is 13.5. The van der Waals surface area contributed by atoms with E-state index >= 15 is 0 Å². The quantitative estimate of drug-likeness (QED) is 0.465. The SMILES string of the molecule is CC12CCN(CC1)c1cc(NSC3CC3)ccc1-c1nnc(o1)-c1ccnc(c1)N1CCCC(C1)NC2=O. The molecule has 3 aromatic rings. The predicted molar refractivity (Wildman–Crippen MR) is 150 cm³/mol. The van der Waals surface area contributed by atoms with Crippen LogP contribution in [0.3, 0.4) is 0 Å². The van der Waals surface area contributed by atoms with Crippen LogP contribution in [0.5, 0.6) is 0 Å². The highest BCUT2D eigenvalue weighted by Crippen LogP contribution is 2.41. The first-order valence-electron chi connectivity index (χ1n) is 13.7. The third kappa shape index (κ3) is 4.59. The van der Waals surface area contributed by atoms with E-state index in [9.17, 15) is 4.79 Å². The van der Waals surface area contributed by atoms with Crippen LogP contribution in [0.2, 0.25) is 0 Å². The molecule has 1 amide bonds. The highest BCUT2D eigenvalue weighted by Gasteiger charge is 2.39. The molecule has 38 heavy (non-hydrogen) atoms. The molecule has 2 saturated heterocycles. The number of anilines is 3. The van der Waals surface area contributed by atoms with E-state index in [1.807, 2.05) is 12.1 Å². The Morgan fingerprint density at radius 2 is 1.89 bits per heavy atom. The van der Waals surface area contributed by atoms with Crippen LogP contribution in [0.15, 0.2) is 40.9 Å².